The van der Waals surface area contributed by atoms with E-state index in [-0.39, 0.29) is 23.3 Å². The van der Waals surface area contributed by atoms with E-state index in [0.717, 1.165) is 0 Å². The molecule has 27 heavy (non-hydrogen) atoms. The number of sulfonamides is 1. The third-order valence-electron chi connectivity index (χ3n) is 4.53. The van der Waals surface area contributed by atoms with Gasteiger partial charge in [-0.2, -0.15) is 4.31 Å². The van der Waals surface area contributed by atoms with Gasteiger partial charge < -0.3 is 10.1 Å². The second kappa shape index (κ2) is 8.29. The maximum Gasteiger partial charge on any atom is 0.243 e. The molecule has 1 heterocycles. The number of carbonyl (C=O) groups excluding carboxylic acids is 1. The van der Waals surface area contributed by atoms with Crippen LogP contribution < -0.4 is 10.1 Å². The molecule has 0 unspecified atom stereocenters. The van der Waals surface area contributed by atoms with E-state index in [4.69, 9.17) is 16.3 Å². The summed E-state index contributed by atoms with van der Waals surface area (Å²) in [5.41, 5.74) is 0. The van der Waals surface area contributed by atoms with Crippen LogP contribution in [0.15, 0.2) is 53.4 Å². The number of rotatable bonds is 5. The third-order valence-corrected chi connectivity index (χ3v) is 6.72. The van der Waals surface area contributed by atoms with E-state index in [9.17, 15) is 13.2 Å². The number of amides is 1. The lowest BCUT2D eigenvalue weighted by atomic mass is 9.99. The summed E-state index contributed by atoms with van der Waals surface area (Å²) >= 11 is 6.07. The molecule has 0 spiro atoms. The fourth-order valence-corrected chi connectivity index (χ4v) is 4.76. The van der Waals surface area contributed by atoms with Gasteiger partial charge in [-0.3, -0.25) is 4.79 Å². The Morgan fingerprint density at radius 3 is 2.56 bits per heavy atom. The van der Waals surface area contributed by atoms with Crippen LogP contribution in [0.25, 0.3) is 0 Å². The number of hydrogen-bond acceptors (Lipinski definition) is 4. The first-order valence-electron chi connectivity index (χ1n) is 8.66. The quantitative estimate of drug-likeness (QED) is 0.823. The van der Waals surface area contributed by atoms with Gasteiger partial charge in [-0.1, -0.05) is 23.7 Å². The topological polar surface area (TPSA) is 75.7 Å². The smallest absolute Gasteiger partial charge is 0.243 e. The summed E-state index contributed by atoms with van der Waals surface area (Å²) in [6.07, 6.45) is 1.35. The number of piperidine rings is 1. The molecule has 2 aromatic carbocycles. The van der Waals surface area contributed by atoms with E-state index in [1.54, 1.807) is 43.4 Å². The summed E-state index contributed by atoms with van der Waals surface area (Å²) in [5, 5.41) is 3.07. The average Bonchev–Trinajstić information content (AvgIpc) is 2.69. The lowest BCUT2D eigenvalue weighted by Gasteiger charge is -2.31. The van der Waals surface area contributed by atoms with Crippen molar-refractivity contribution >= 4 is 27.5 Å². The zero-order valence-corrected chi connectivity index (χ0v) is 16.5. The molecule has 3 rings (SSSR count). The molecule has 1 aliphatic heterocycles. The zero-order chi connectivity index (χ0) is 19.4. The highest BCUT2D eigenvalue weighted by Gasteiger charge is 2.32. The maximum absolute atomic E-state index is 12.9. The molecular formula is C19H21ClN2O4S. The first kappa shape index (κ1) is 19.7. The summed E-state index contributed by atoms with van der Waals surface area (Å²) in [4.78, 5) is 12.0. The zero-order valence-electron chi connectivity index (χ0n) is 14.9. The largest absolute Gasteiger partial charge is 0.456 e. The van der Waals surface area contributed by atoms with Crippen LogP contribution in [-0.2, 0) is 14.8 Å². The van der Waals surface area contributed by atoms with Crippen LogP contribution in [0, 0.1) is 5.92 Å². The Morgan fingerprint density at radius 1 is 1.19 bits per heavy atom. The Balaban J connectivity index is 1.75. The van der Waals surface area contributed by atoms with Gasteiger partial charge in [-0.15, -0.1) is 0 Å². The van der Waals surface area contributed by atoms with Crippen LogP contribution in [-0.4, -0.2) is 38.8 Å². The molecule has 8 heteroatoms. The molecule has 0 bridgehead atoms. The Kier molecular flexibility index (Phi) is 6.04. The second-order valence-electron chi connectivity index (χ2n) is 6.32. The molecular weight excluding hydrogens is 388 g/mol. The molecule has 6 nitrogen and oxygen atoms in total. The van der Waals surface area contributed by atoms with Crippen molar-refractivity contribution in [3.8, 4) is 11.5 Å². The number of carbonyl (C=O) groups is 1. The minimum absolute atomic E-state index is 0.126. The van der Waals surface area contributed by atoms with Gasteiger partial charge in [-0.25, -0.2) is 8.42 Å². The van der Waals surface area contributed by atoms with Gasteiger partial charge in [0.15, 0.2) is 0 Å². The van der Waals surface area contributed by atoms with E-state index in [0.29, 0.717) is 35.9 Å². The number of para-hydroxylation sites is 1. The monoisotopic (exact) mass is 408 g/mol. The molecule has 0 aliphatic carbocycles. The third kappa shape index (κ3) is 4.43. The lowest BCUT2D eigenvalue weighted by molar-refractivity contribution is -0.125. The Morgan fingerprint density at radius 2 is 1.89 bits per heavy atom. The first-order valence-corrected chi connectivity index (χ1v) is 10.5. The van der Waals surface area contributed by atoms with Crippen molar-refractivity contribution < 1.29 is 17.9 Å². The van der Waals surface area contributed by atoms with Crippen molar-refractivity contribution in [2.24, 2.45) is 5.92 Å². The van der Waals surface area contributed by atoms with Crippen molar-refractivity contribution in [2.75, 3.05) is 20.1 Å². The number of halogens is 1. The summed E-state index contributed by atoms with van der Waals surface area (Å²) in [7, 11) is -2.10. The van der Waals surface area contributed by atoms with E-state index in [2.05, 4.69) is 5.32 Å². The van der Waals surface area contributed by atoms with Gasteiger partial charge in [0.2, 0.25) is 15.9 Å². The SMILES string of the molecule is CNC(=O)[C@H]1CCCN(S(=O)(=O)c2ccc(Oc3ccccc3Cl)cc2)C1. The molecule has 0 saturated carbocycles. The van der Waals surface area contributed by atoms with Crippen LogP contribution in [0.4, 0.5) is 0 Å². The van der Waals surface area contributed by atoms with Crippen LogP contribution in [0.3, 0.4) is 0 Å². The van der Waals surface area contributed by atoms with Gasteiger partial charge in [0.05, 0.1) is 15.8 Å². The minimum Gasteiger partial charge on any atom is -0.456 e. The van der Waals surface area contributed by atoms with Crippen molar-refractivity contribution in [3.63, 3.8) is 0 Å². The summed E-state index contributed by atoms with van der Waals surface area (Å²) in [5.74, 6) is 0.544. The van der Waals surface area contributed by atoms with Gasteiger partial charge in [0, 0.05) is 20.1 Å². The predicted octanol–water partition coefficient (Wildman–Crippen LogP) is 3.28. The second-order valence-corrected chi connectivity index (χ2v) is 8.67. The van der Waals surface area contributed by atoms with Crippen molar-refractivity contribution in [1.29, 1.82) is 0 Å². The number of benzene rings is 2. The summed E-state index contributed by atoms with van der Waals surface area (Å²) in [6, 6.07) is 13.3. The number of hydrogen-bond donors (Lipinski definition) is 1. The van der Waals surface area contributed by atoms with Gasteiger partial charge in [0.1, 0.15) is 11.5 Å². The van der Waals surface area contributed by atoms with Gasteiger partial charge >= 0.3 is 0 Å². The number of ether oxygens (including phenoxy) is 1. The minimum atomic E-state index is -3.66. The van der Waals surface area contributed by atoms with Crippen LogP contribution in [0.5, 0.6) is 11.5 Å². The Hall–Kier alpha value is -2.09. The standard InChI is InChI=1S/C19H21ClN2O4S/c1-21-19(23)14-5-4-12-22(13-14)27(24,25)16-10-8-15(9-11-16)26-18-7-3-2-6-17(18)20/h2-3,6-11,14H,4-5,12-13H2,1H3,(H,21,23)/t14-/m0/s1. The fraction of sp³-hybridized carbons (Fsp3) is 0.316. The molecule has 1 amide bonds. The van der Waals surface area contributed by atoms with E-state index >= 15 is 0 Å². The predicted molar refractivity (Wildman–Crippen MR) is 104 cm³/mol. The van der Waals surface area contributed by atoms with Gasteiger partial charge in [-0.05, 0) is 49.2 Å². The average molecular weight is 409 g/mol. The molecule has 1 fully saturated rings. The number of nitrogens with zero attached hydrogens (tertiary/aromatic N) is 1. The van der Waals surface area contributed by atoms with Crippen molar-refractivity contribution in [2.45, 2.75) is 17.7 Å². The molecule has 1 atom stereocenters. The van der Waals surface area contributed by atoms with Crippen molar-refractivity contribution in [1.82, 2.24) is 9.62 Å². The van der Waals surface area contributed by atoms with E-state index in [1.807, 2.05) is 0 Å². The molecule has 2 aromatic rings. The normalized spacial score (nSPS) is 18.1. The van der Waals surface area contributed by atoms with E-state index in [1.165, 1.54) is 16.4 Å². The molecule has 144 valence electrons. The first-order chi connectivity index (χ1) is 12.9. The lowest BCUT2D eigenvalue weighted by Crippen LogP contribution is -2.44. The van der Waals surface area contributed by atoms with Crippen molar-refractivity contribution in [3.05, 3.63) is 53.6 Å². The molecule has 1 saturated heterocycles. The fourth-order valence-electron chi connectivity index (χ4n) is 3.06. The highest BCUT2D eigenvalue weighted by molar-refractivity contribution is 7.89. The molecule has 1 aliphatic rings. The van der Waals surface area contributed by atoms with Crippen LogP contribution in [0.2, 0.25) is 5.02 Å². The summed E-state index contributed by atoms with van der Waals surface area (Å²) < 4.78 is 32.9. The molecule has 0 aromatic heterocycles. The summed E-state index contributed by atoms with van der Waals surface area (Å²) in [6.45, 7) is 0.605. The number of nitrogens with one attached hydrogen (secondary N) is 1. The Bertz CT molecular complexity index is 916. The maximum atomic E-state index is 12.9. The highest BCUT2D eigenvalue weighted by atomic mass is 35.5. The molecule has 0 radical (unpaired) electrons. The van der Waals surface area contributed by atoms with E-state index < -0.39 is 10.0 Å². The highest BCUT2D eigenvalue weighted by Crippen LogP contribution is 2.30. The Labute approximate surface area is 164 Å². The van der Waals surface area contributed by atoms with Crippen LogP contribution >= 0.6 is 11.6 Å². The van der Waals surface area contributed by atoms with Gasteiger partial charge in [0.25, 0.3) is 0 Å². The van der Waals surface area contributed by atoms with Crippen LogP contribution in [0.1, 0.15) is 12.8 Å². The molecule has 1 N–H and O–H groups in total.